The summed E-state index contributed by atoms with van der Waals surface area (Å²) in [6, 6.07) is 15.8. The van der Waals surface area contributed by atoms with Gasteiger partial charge in [0, 0.05) is 13.2 Å². The molecule has 1 N–H and O–H groups in total. The van der Waals surface area contributed by atoms with Crippen molar-refractivity contribution < 1.29 is 19.0 Å². The molecule has 0 saturated heterocycles. The fourth-order valence-corrected chi connectivity index (χ4v) is 2.63. The van der Waals surface area contributed by atoms with Crippen molar-refractivity contribution in [2.24, 2.45) is 0 Å². The standard InChI is InChI=1S/C23H31NO4/c1-4-26-12-13-27-16-20-7-5-6-19(14-20)15-24-23(25)17-28-22-10-8-21(9-11-22)18(2)3/h5-11,14,18H,4,12-13,15-17H2,1-3H3,(H,24,25). The molecule has 28 heavy (non-hydrogen) atoms. The van der Waals surface area contributed by atoms with Gasteiger partial charge < -0.3 is 19.5 Å². The SMILES string of the molecule is CCOCCOCc1cccc(CNC(=O)COc2ccc(C(C)C)cc2)c1. The van der Waals surface area contributed by atoms with Crippen LogP contribution in [0.15, 0.2) is 48.5 Å². The van der Waals surface area contributed by atoms with Crippen molar-refractivity contribution in [1.29, 1.82) is 0 Å². The lowest BCUT2D eigenvalue weighted by atomic mass is 10.0. The van der Waals surface area contributed by atoms with E-state index in [9.17, 15) is 4.79 Å². The van der Waals surface area contributed by atoms with Gasteiger partial charge >= 0.3 is 0 Å². The average Bonchev–Trinajstić information content (AvgIpc) is 2.71. The number of rotatable bonds is 12. The van der Waals surface area contributed by atoms with Gasteiger partial charge in [-0.05, 0) is 41.7 Å². The highest BCUT2D eigenvalue weighted by Gasteiger charge is 2.05. The van der Waals surface area contributed by atoms with Crippen LogP contribution in [0.3, 0.4) is 0 Å². The molecule has 2 rings (SSSR count). The summed E-state index contributed by atoms with van der Waals surface area (Å²) in [5, 5.41) is 2.89. The summed E-state index contributed by atoms with van der Waals surface area (Å²) in [6.45, 7) is 9.12. The Hall–Kier alpha value is -2.37. The minimum Gasteiger partial charge on any atom is -0.484 e. The molecule has 2 aromatic carbocycles. The largest absolute Gasteiger partial charge is 0.484 e. The lowest BCUT2D eigenvalue weighted by molar-refractivity contribution is -0.123. The number of benzene rings is 2. The molecule has 0 aliphatic heterocycles. The predicted molar refractivity (Wildman–Crippen MR) is 110 cm³/mol. The van der Waals surface area contributed by atoms with Gasteiger partial charge in [0.15, 0.2) is 6.61 Å². The Balaban J connectivity index is 1.71. The van der Waals surface area contributed by atoms with E-state index in [4.69, 9.17) is 14.2 Å². The summed E-state index contributed by atoms with van der Waals surface area (Å²) in [4.78, 5) is 12.0. The molecule has 0 spiro atoms. The Morgan fingerprint density at radius 1 is 1.00 bits per heavy atom. The summed E-state index contributed by atoms with van der Waals surface area (Å²) in [7, 11) is 0. The third-order valence-electron chi connectivity index (χ3n) is 4.24. The second-order valence-corrected chi connectivity index (χ2v) is 6.86. The highest BCUT2D eigenvalue weighted by molar-refractivity contribution is 5.77. The average molecular weight is 386 g/mol. The van der Waals surface area contributed by atoms with E-state index < -0.39 is 0 Å². The third kappa shape index (κ3) is 8.11. The molecule has 152 valence electrons. The predicted octanol–water partition coefficient (Wildman–Crippen LogP) is 4.06. The minimum absolute atomic E-state index is 0.00125. The van der Waals surface area contributed by atoms with Crippen LogP contribution in [0.1, 0.15) is 43.4 Å². The molecule has 0 saturated carbocycles. The van der Waals surface area contributed by atoms with E-state index in [1.807, 2.05) is 55.5 Å². The molecule has 5 nitrogen and oxygen atoms in total. The first-order valence-corrected chi connectivity index (χ1v) is 9.81. The van der Waals surface area contributed by atoms with Crippen LogP contribution in [0.25, 0.3) is 0 Å². The fraction of sp³-hybridized carbons (Fsp3) is 0.435. The molecule has 0 aliphatic rings. The Labute approximate surface area is 168 Å². The van der Waals surface area contributed by atoms with Crippen LogP contribution in [0.4, 0.5) is 0 Å². The summed E-state index contributed by atoms with van der Waals surface area (Å²) in [6.07, 6.45) is 0. The molecule has 2 aromatic rings. The zero-order valence-corrected chi connectivity index (χ0v) is 17.1. The van der Waals surface area contributed by atoms with Gasteiger partial charge in [0.2, 0.25) is 0 Å². The van der Waals surface area contributed by atoms with Crippen molar-refractivity contribution in [3.05, 3.63) is 65.2 Å². The van der Waals surface area contributed by atoms with Gasteiger partial charge in [-0.2, -0.15) is 0 Å². The van der Waals surface area contributed by atoms with Gasteiger partial charge in [-0.1, -0.05) is 50.2 Å². The van der Waals surface area contributed by atoms with Crippen LogP contribution in [0.5, 0.6) is 5.75 Å². The molecule has 0 fully saturated rings. The molecule has 0 atom stereocenters. The fourth-order valence-electron chi connectivity index (χ4n) is 2.63. The molecular weight excluding hydrogens is 354 g/mol. The maximum absolute atomic E-state index is 12.0. The Morgan fingerprint density at radius 2 is 1.71 bits per heavy atom. The number of carbonyl (C=O) groups excluding carboxylic acids is 1. The molecule has 1 amide bonds. The highest BCUT2D eigenvalue weighted by Crippen LogP contribution is 2.18. The van der Waals surface area contributed by atoms with Gasteiger partial charge in [0.1, 0.15) is 5.75 Å². The number of amides is 1. The van der Waals surface area contributed by atoms with Gasteiger partial charge in [-0.25, -0.2) is 0 Å². The van der Waals surface area contributed by atoms with Crippen LogP contribution in [-0.4, -0.2) is 32.3 Å². The monoisotopic (exact) mass is 385 g/mol. The molecule has 0 aromatic heterocycles. The molecule has 0 radical (unpaired) electrons. The van der Waals surface area contributed by atoms with E-state index >= 15 is 0 Å². The van der Waals surface area contributed by atoms with Gasteiger partial charge in [-0.15, -0.1) is 0 Å². The first-order valence-electron chi connectivity index (χ1n) is 9.81. The van der Waals surface area contributed by atoms with E-state index in [0.29, 0.717) is 44.6 Å². The summed E-state index contributed by atoms with van der Waals surface area (Å²) >= 11 is 0. The Kier molecular flexibility index (Phi) is 9.52. The lowest BCUT2D eigenvalue weighted by Gasteiger charge is -2.10. The van der Waals surface area contributed by atoms with Crippen molar-refractivity contribution in [2.75, 3.05) is 26.4 Å². The van der Waals surface area contributed by atoms with Gasteiger partial charge in [-0.3, -0.25) is 4.79 Å². The molecule has 0 unspecified atom stereocenters. The highest BCUT2D eigenvalue weighted by atomic mass is 16.5. The third-order valence-corrected chi connectivity index (χ3v) is 4.24. The zero-order chi connectivity index (χ0) is 20.2. The van der Waals surface area contributed by atoms with E-state index in [1.165, 1.54) is 5.56 Å². The van der Waals surface area contributed by atoms with Crippen molar-refractivity contribution in [3.8, 4) is 5.75 Å². The lowest BCUT2D eigenvalue weighted by Crippen LogP contribution is -2.28. The minimum atomic E-state index is -0.147. The van der Waals surface area contributed by atoms with Crippen LogP contribution in [0.2, 0.25) is 0 Å². The van der Waals surface area contributed by atoms with E-state index in [1.54, 1.807) is 0 Å². The van der Waals surface area contributed by atoms with Gasteiger partial charge in [0.25, 0.3) is 5.91 Å². The number of carbonyl (C=O) groups is 1. The molecule has 0 aliphatic carbocycles. The first-order chi connectivity index (χ1) is 13.6. The van der Waals surface area contributed by atoms with Crippen LogP contribution in [0, 0.1) is 0 Å². The Morgan fingerprint density at radius 3 is 2.43 bits per heavy atom. The smallest absolute Gasteiger partial charge is 0.258 e. The number of ether oxygens (including phenoxy) is 3. The molecule has 5 heteroatoms. The quantitative estimate of drug-likeness (QED) is 0.560. The maximum Gasteiger partial charge on any atom is 0.258 e. The summed E-state index contributed by atoms with van der Waals surface area (Å²) in [5.41, 5.74) is 3.35. The zero-order valence-electron chi connectivity index (χ0n) is 17.1. The van der Waals surface area contributed by atoms with Crippen molar-refractivity contribution in [1.82, 2.24) is 5.32 Å². The second kappa shape index (κ2) is 12.2. The van der Waals surface area contributed by atoms with E-state index in [2.05, 4.69) is 19.2 Å². The number of nitrogens with one attached hydrogen (secondary N) is 1. The van der Waals surface area contributed by atoms with Crippen molar-refractivity contribution in [2.45, 2.75) is 39.8 Å². The summed E-state index contributed by atoms with van der Waals surface area (Å²) in [5.74, 6) is 1.03. The van der Waals surface area contributed by atoms with Crippen molar-refractivity contribution in [3.63, 3.8) is 0 Å². The molecule has 0 bridgehead atoms. The first kappa shape index (κ1) is 21.9. The van der Waals surface area contributed by atoms with Crippen LogP contribution < -0.4 is 10.1 Å². The number of hydrogen-bond donors (Lipinski definition) is 1. The van der Waals surface area contributed by atoms with Crippen LogP contribution in [-0.2, 0) is 27.4 Å². The summed E-state index contributed by atoms with van der Waals surface area (Å²) < 4.78 is 16.4. The van der Waals surface area contributed by atoms with E-state index in [0.717, 1.165) is 11.1 Å². The topological polar surface area (TPSA) is 56.8 Å². The molecular formula is C23H31NO4. The Bertz CT molecular complexity index is 713. The van der Waals surface area contributed by atoms with E-state index in [-0.39, 0.29) is 12.5 Å². The number of hydrogen-bond acceptors (Lipinski definition) is 4. The van der Waals surface area contributed by atoms with Gasteiger partial charge in [0.05, 0.1) is 19.8 Å². The normalized spacial score (nSPS) is 10.9. The van der Waals surface area contributed by atoms with Crippen molar-refractivity contribution >= 4 is 5.91 Å². The van der Waals surface area contributed by atoms with Crippen LogP contribution >= 0.6 is 0 Å². The second-order valence-electron chi connectivity index (χ2n) is 6.86. The molecule has 0 heterocycles. The maximum atomic E-state index is 12.0.